The third-order valence-electron chi connectivity index (χ3n) is 5.63. The zero-order valence-corrected chi connectivity index (χ0v) is 24.7. The van der Waals surface area contributed by atoms with Gasteiger partial charge in [0.25, 0.3) is 12.0 Å². The molecular weight excluding hydrogens is 601 g/mol. The predicted molar refractivity (Wildman–Crippen MR) is 138 cm³/mol. The molecule has 1 aromatic rings. The number of H-pyrrole nitrogens is 1. The molecule has 0 aliphatic carbocycles. The van der Waals surface area contributed by atoms with Gasteiger partial charge in [0.05, 0.1) is 18.8 Å². The first kappa shape index (κ1) is 35.0. The lowest BCUT2D eigenvalue weighted by Gasteiger charge is -2.33. The van der Waals surface area contributed by atoms with Gasteiger partial charge >= 0.3 is 25.3 Å². The van der Waals surface area contributed by atoms with Crippen molar-refractivity contribution in [1.82, 2.24) is 19.7 Å². The highest BCUT2D eigenvalue weighted by Crippen LogP contribution is 2.46. The molecule has 41 heavy (non-hydrogen) atoms. The van der Waals surface area contributed by atoms with E-state index >= 15 is 0 Å². The van der Waals surface area contributed by atoms with E-state index in [1.807, 2.05) is 0 Å². The molecule has 1 aliphatic heterocycles. The van der Waals surface area contributed by atoms with E-state index in [0.717, 1.165) is 0 Å². The van der Waals surface area contributed by atoms with Gasteiger partial charge in [-0.05, 0) is 41.5 Å². The van der Waals surface area contributed by atoms with Crippen molar-refractivity contribution in [2.75, 3.05) is 6.61 Å². The number of ether oxygens (including phenoxy) is 3. The van der Waals surface area contributed by atoms with Crippen molar-refractivity contribution < 1.29 is 51.9 Å². The van der Waals surface area contributed by atoms with Gasteiger partial charge in [-0.3, -0.25) is 28.5 Å². The first-order chi connectivity index (χ1) is 18.8. The van der Waals surface area contributed by atoms with Crippen LogP contribution < -0.4 is 21.4 Å². The molecule has 0 unspecified atom stereocenters. The lowest BCUT2D eigenvalue weighted by atomic mass is 9.96. The fourth-order valence-electron chi connectivity index (χ4n) is 3.63. The molecule has 0 saturated carbocycles. The summed E-state index contributed by atoms with van der Waals surface area (Å²) in [5.74, 6) is -1.79. The third kappa shape index (κ3) is 8.41. The number of aliphatic hydroxyl groups excluding tert-OH is 2. The van der Waals surface area contributed by atoms with Crippen molar-refractivity contribution in [2.45, 2.75) is 96.3 Å². The summed E-state index contributed by atoms with van der Waals surface area (Å²) < 4.78 is 63.8. The van der Waals surface area contributed by atoms with Gasteiger partial charge in [0.1, 0.15) is 29.3 Å². The summed E-state index contributed by atoms with van der Waals surface area (Å²) in [6.07, 6.45) is -10.7. The van der Waals surface area contributed by atoms with Gasteiger partial charge in [-0.1, -0.05) is 11.6 Å². The number of hydrogen-bond acceptors (Lipinski definition) is 11. The molecular formula is C22H34ClF2N4O11P. The zero-order chi connectivity index (χ0) is 31.4. The van der Waals surface area contributed by atoms with Crippen molar-refractivity contribution >= 4 is 31.2 Å². The minimum atomic E-state index is -4.67. The second kappa shape index (κ2) is 13.8. The number of hydrogen-bond donors (Lipinski definition) is 5. The Morgan fingerprint density at radius 2 is 1.59 bits per heavy atom. The molecule has 1 aromatic heterocycles. The Bertz CT molecular complexity index is 1230. The van der Waals surface area contributed by atoms with Crippen LogP contribution in [-0.4, -0.2) is 86.8 Å². The minimum Gasteiger partial charge on any atom is -0.462 e. The number of aromatic nitrogens is 2. The SMILES string of the molecule is CC(C)OC(=O)[C@H](C)NP(=O)(N[C@@H](C)C(=O)OC(C)C)OC[C@@]1(C(F)F)O[C@@H](n2cc(Cl)c(=O)[nH]c2=O)[C@H](O)[C@@H]1O. The van der Waals surface area contributed by atoms with E-state index in [1.165, 1.54) is 13.8 Å². The Labute approximate surface area is 238 Å². The number of aliphatic hydroxyl groups is 2. The van der Waals surface area contributed by atoms with Gasteiger partial charge < -0.3 is 28.9 Å². The average Bonchev–Trinajstić information content (AvgIpc) is 3.10. The summed E-state index contributed by atoms with van der Waals surface area (Å²) in [5.41, 5.74) is -5.31. The first-order valence-electron chi connectivity index (χ1n) is 12.4. The first-order valence-corrected chi connectivity index (χ1v) is 14.4. The van der Waals surface area contributed by atoms with Crippen LogP contribution >= 0.6 is 19.3 Å². The van der Waals surface area contributed by atoms with Crippen LogP contribution in [0.25, 0.3) is 0 Å². The highest BCUT2D eigenvalue weighted by atomic mass is 35.5. The van der Waals surface area contributed by atoms with Gasteiger partial charge in [0, 0.05) is 6.20 Å². The second-order valence-electron chi connectivity index (χ2n) is 9.84. The van der Waals surface area contributed by atoms with Crippen molar-refractivity contribution in [3.05, 3.63) is 32.1 Å². The van der Waals surface area contributed by atoms with Crippen LogP contribution in [-0.2, 0) is 32.9 Å². The fraction of sp³-hybridized carbons (Fsp3) is 0.727. The van der Waals surface area contributed by atoms with E-state index in [-0.39, 0.29) is 0 Å². The molecule has 0 spiro atoms. The maximum absolute atomic E-state index is 14.5. The summed E-state index contributed by atoms with van der Waals surface area (Å²) in [4.78, 5) is 50.3. The Kier molecular flexibility index (Phi) is 11.8. The zero-order valence-electron chi connectivity index (χ0n) is 23.0. The molecule has 1 aliphatic rings. The Morgan fingerprint density at radius 1 is 1.10 bits per heavy atom. The van der Waals surface area contributed by atoms with Crippen LogP contribution in [0, 0.1) is 0 Å². The molecule has 2 heterocycles. The summed E-state index contributed by atoms with van der Waals surface area (Å²) in [6, 6.07) is -2.72. The molecule has 15 nitrogen and oxygen atoms in total. The summed E-state index contributed by atoms with van der Waals surface area (Å²) in [7, 11) is -4.67. The van der Waals surface area contributed by atoms with E-state index < -0.39 is 97.2 Å². The van der Waals surface area contributed by atoms with Gasteiger partial charge in [0.2, 0.25) is 0 Å². The Morgan fingerprint density at radius 3 is 2.02 bits per heavy atom. The average molecular weight is 635 g/mol. The summed E-state index contributed by atoms with van der Waals surface area (Å²) in [5, 5.41) is 25.2. The van der Waals surface area contributed by atoms with Gasteiger partial charge in [-0.2, -0.15) is 0 Å². The number of rotatable bonds is 13. The van der Waals surface area contributed by atoms with E-state index in [4.69, 9.17) is 30.3 Å². The van der Waals surface area contributed by atoms with Crippen molar-refractivity contribution in [3.63, 3.8) is 0 Å². The monoisotopic (exact) mass is 634 g/mol. The van der Waals surface area contributed by atoms with Gasteiger partial charge in [-0.15, -0.1) is 0 Å². The number of alkyl halides is 2. The molecule has 1 fully saturated rings. The maximum Gasteiger partial charge on any atom is 0.342 e. The van der Waals surface area contributed by atoms with E-state index in [0.29, 0.717) is 10.8 Å². The Balaban J connectivity index is 2.42. The highest BCUT2D eigenvalue weighted by molar-refractivity contribution is 7.54. The summed E-state index contributed by atoms with van der Waals surface area (Å²) in [6.45, 7) is 7.27. The molecule has 6 atom stereocenters. The molecule has 2 rings (SSSR count). The number of halogens is 3. The van der Waals surface area contributed by atoms with Crippen LogP contribution in [0.1, 0.15) is 47.8 Å². The molecule has 19 heteroatoms. The van der Waals surface area contributed by atoms with E-state index in [9.17, 15) is 42.7 Å². The normalized spacial score (nSPS) is 24.6. The number of carbonyl (C=O) groups excluding carboxylic acids is 2. The fourth-order valence-corrected chi connectivity index (χ4v) is 5.62. The van der Waals surface area contributed by atoms with Gasteiger partial charge in [-0.25, -0.2) is 23.7 Å². The topological polar surface area (TPSA) is 208 Å². The van der Waals surface area contributed by atoms with Crippen LogP contribution in [0.5, 0.6) is 0 Å². The van der Waals surface area contributed by atoms with Crippen LogP contribution in [0.3, 0.4) is 0 Å². The third-order valence-corrected chi connectivity index (χ3v) is 7.85. The molecule has 1 saturated heterocycles. The van der Waals surface area contributed by atoms with Crippen LogP contribution in [0.4, 0.5) is 8.78 Å². The van der Waals surface area contributed by atoms with E-state index in [2.05, 4.69) is 10.2 Å². The molecule has 0 aromatic carbocycles. The molecule has 0 radical (unpaired) electrons. The number of nitrogens with one attached hydrogen (secondary N) is 3. The van der Waals surface area contributed by atoms with E-state index in [1.54, 1.807) is 32.7 Å². The number of esters is 2. The maximum atomic E-state index is 14.5. The summed E-state index contributed by atoms with van der Waals surface area (Å²) >= 11 is 5.71. The lowest BCUT2D eigenvalue weighted by molar-refractivity contribution is -0.192. The van der Waals surface area contributed by atoms with Crippen LogP contribution in [0.2, 0.25) is 5.02 Å². The smallest absolute Gasteiger partial charge is 0.342 e. The Hall–Kier alpha value is -2.24. The molecule has 0 amide bonds. The van der Waals surface area contributed by atoms with Crippen LogP contribution in [0.15, 0.2) is 15.8 Å². The standard InChI is InChI=1S/C22H34ClF2N4O11P/c1-9(2)38-18(33)11(5)27-41(36,28-12(6)19(34)39-10(3)4)37-8-22(20(24)25)15(31)14(30)17(40-22)29-7-13(23)16(32)26-21(29)35/h7,9-12,14-15,17,20,30-31H,8H2,1-6H3,(H,26,32,35)(H2,27,28,36)/t11-,12-,14+,15-,17+,22+/m0/s1. The minimum absolute atomic E-state index is 0.478. The number of carbonyl (C=O) groups is 2. The van der Waals surface area contributed by atoms with Crippen molar-refractivity contribution in [2.24, 2.45) is 0 Å². The second-order valence-corrected chi connectivity index (χ2v) is 12.1. The van der Waals surface area contributed by atoms with Crippen molar-refractivity contribution in [3.8, 4) is 0 Å². The molecule has 234 valence electrons. The highest BCUT2D eigenvalue weighted by Gasteiger charge is 2.61. The van der Waals surface area contributed by atoms with Gasteiger partial charge in [0.15, 0.2) is 11.8 Å². The molecule has 5 N–H and O–H groups in total. The predicted octanol–water partition coefficient (Wildman–Crippen LogP) is 0.429. The number of nitrogens with zero attached hydrogens (tertiary/aromatic N) is 1. The van der Waals surface area contributed by atoms with Crippen molar-refractivity contribution in [1.29, 1.82) is 0 Å². The largest absolute Gasteiger partial charge is 0.462 e. The molecule has 0 bridgehead atoms. The lowest BCUT2D eigenvalue weighted by Crippen LogP contribution is -2.53. The quantitative estimate of drug-likeness (QED) is 0.147. The number of aromatic amines is 1.